The van der Waals surface area contributed by atoms with E-state index in [0.717, 1.165) is 16.0 Å². The summed E-state index contributed by atoms with van der Waals surface area (Å²) in [7, 11) is 0. The van der Waals surface area contributed by atoms with Crippen LogP contribution in [-0.2, 0) is 5.75 Å². The molecule has 0 aliphatic rings. The van der Waals surface area contributed by atoms with Gasteiger partial charge in [0.1, 0.15) is 11.7 Å². The number of rotatable bonds is 4. The third kappa shape index (κ3) is 3.11. The summed E-state index contributed by atoms with van der Waals surface area (Å²) < 4.78 is 13.0. The Bertz CT molecular complexity index is 569. The van der Waals surface area contributed by atoms with E-state index < -0.39 is 0 Å². The largest absolute Gasteiger partial charge is 0.384 e. The van der Waals surface area contributed by atoms with Crippen LogP contribution in [0, 0.1) is 11.2 Å². The number of hydrogen-bond acceptors (Lipinski definition) is 2. The first-order valence-electron chi connectivity index (χ1n) is 5.47. The standard InChI is InChI=1S/C14H13FN2S/c15-11-5-3-6-12(8-11)18-9-10-4-1-2-7-13(10)14(16)17/h1-8H,9H2,(H3,16,17). The number of amidine groups is 1. The van der Waals surface area contributed by atoms with Crippen LogP contribution in [0.4, 0.5) is 4.39 Å². The number of hydrogen-bond donors (Lipinski definition) is 2. The molecule has 2 aromatic rings. The highest BCUT2D eigenvalue weighted by Crippen LogP contribution is 2.24. The van der Waals surface area contributed by atoms with Crippen LogP contribution in [0.1, 0.15) is 11.1 Å². The van der Waals surface area contributed by atoms with Gasteiger partial charge in [-0.2, -0.15) is 0 Å². The lowest BCUT2D eigenvalue weighted by molar-refractivity contribution is 0.624. The highest BCUT2D eigenvalue weighted by Gasteiger charge is 2.05. The second-order valence-corrected chi connectivity index (χ2v) is 4.87. The third-order valence-electron chi connectivity index (χ3n) is 2.50. The van der Waals surface area contributed by atoms with Crippen molar-refractivity contribution in [1.82, 2.24) is 0 Å². The topological polar surface area (TPSA) is 49.9 Å². The van der Waals surface area contributed by atoms with Gasteiger partial charge in [0.15, 0.2) is 0 Å². The molecule has 0 amide bonds. The number of benzene rings is 2. The molecule has 0 saturated heterocycles. The molecule has 92 valence electrons. The van der Waals surface area contributed by atoms with Gasteiger partial charge in [-0.15, -0.1) is 11.8 Å². The minimum Gasteiger partial charge on any atom is -0.384 e. The van der Waals surface area contributed by atoms with Gasteiger partial charge in [-0.05, 0) is 23.8 Å². The van der Waals surface area contributed by atoms with Crippen molar-refractivity contribution in [2.75, 3.05) is 0 Å². The van der Waals surface area contributed by atoms with E-state index in [1.807, 2.05) is 30.3 Å². The van der Waals surface area contributed by atoms with Crippen LogP contribution in [0.5, 0.6) is 0 Å². The van der Waals surface area contributed by atoms with Crippen molar-refractivity contribution in [2.45, 2.75) is 10.6 Å². The number of nitrogens with one attached hydrogen (secondary N) is 1. The predicted octanol–water partition coefficient (Wildman–Crippen LogP) is 3.40. The first-order valence-corrected chi connectivity index (χ1v) is 6.46. The number of thioether (sulfide) groups is 1. The Hall–Kier alpha value is -1.81. The molecule has 0 bridgehead atoms. The molecule has 4 heteroatoms. The molecule has 0 heterocycles. The van der Waals surface area contributed by atoms with E-state index in [0.29, 0.717) is 5.75 Å². The Balaban J connectivity index is 2.13. The molecule has 0 unspecified atom stereocenters. The molecule has 0 radical (unpaired) electrons. The Labute approximate surface area is 110 Å². The van der Waals surface area contributed by atoms with Gasteiger partial charge in [0, 0.05) is 16.2 Å². The van der Waals surface area contributed by atoms with Crippen LogP contribution in [0.2, 0.25) is 0 Å². The fourth-order valence-corrected chi connectivity index (χ4v) is 2.57. The van der Waals surface area contributed by atoms with Crippen LogP contribution in [0.3, 0.4) is 0 Å². The first kappa shape index (κ1) is 12.6. The second-order valence-electron chi connectivity index (χ2n) is 3.82. The average molecular weight is 260 g/mol. The fourth-order valence-electron chi connectivity index (χ4n) is 1.63. The second kappa shape index (κ2) is 5.69. The summed E-state index contributed by atoms with van der Waals surface area (Å²) in [6.45, 7) is 0. The monoisotopic (exact) mass is 260 g/mol. The molecule has 0 aliphatic heterocycles. The summed E-state index contributed by atoms with van der Waals surface area (Å²) in [5, 5.41) is 7.50. The van der Waals surface area contributed by atoms with Gasteiger partial charge in [-0.3, -0.25) is 5.41 Å². The molecule has 0 spiro atoms. The van der Waals surface area contributed by atoms with E-state index in [1.165, 1.54) is 23.9 Å². The maximum absolute atomic E-state index is 13.0. The van der Waals surface area contributed by atoms with Gasteiger partial charge in [-0.1, -0.05) is 30.3 Å². The fraction of sp³-hybridized carbons (Fsp3) is 0.0714. The van der Waals surface area contributed by atoms with E-state index >= 15 is 0 Å². The maximum atomic E-state index is 13.0. The van der Waals surface area contributed by atoms with E-state index in [4.69, 9.17) is 11.1 Å². The van der Waals surface area contributed by atoms with Crippen LogP contribution >= 0.6 is 11.8 Å². The van der Waals surface area contributed by atoms with Crippen molar-refractivity contribution in [3.05, 3.63) is 65.5 Å². The van der Waals surface area contributed by atoms with Gasteiger partial charge in [0.05, 0.1) is 0 Å². The Kier molecular flexibility index (Phi) is 3.99. The molecule has 3 N–H and O–H groups in total. The minimum atomic E-state index is -0.236. The summed E-state index contributed by atoms with van der Waals surface area (Å²) >= 11 is 1.53. The van der Waals surface area contributed by atoms with Crippen LogP contribution in [0.25, 0.3) is 0 Å². The van der Waals surface area contributed by atoms with Gasteiger partial charge >= 0.3 is 0 Å². The van der Waals surface area contributed by atoms with Crippen molar-refractivity contribution < 1.29 is 4.39 Å². The maximum Gasteiger partial charge on any atom is 0.124 e. The molecule has 2 rings (SSSR count). The summed E-state index contributed by atoms with van der Waals surface area (Å²) in [6.07, 6.45) is 0. The average Bonchev–Trinajstić information content (AvgIpc) is 2.37. The smallest absolute Gasteiger partial charge is 0.124 e. The molecule has 2 nitrogen and oxygen atoms in total. The van der Waals surface area contributed by atoms with Crippen molar-refractivity contribution >= 4 is 17.6 Å². The van der Waals surface area contributed by atoms with E-state index in [2.05, 4.69) is 0 Å². The zero-order valence-corrected chi connectivity index (χ0v) is 10.5. The van der Waals surface area contributed by atoms with E-state index in [9.17, 15) is 4.39 Å². The Morgan fingerprint density at radius 2 is 1.94 bits per heavy atom. The van der Waals surface area contributed by atoms with E-state index in [-0.39, 0.29) is 11.7 Å². The summed E-state index contributed by atoms with van der Waals surface area (Å²) in [4.78, 5) is 0.869. The molecule has 2 aromatic carbocycles. The third-order valence-corrected chi connectivity index (χ3v) is 3.54. The molecular weight excluding hydrogens is 247 g/mol. The highest BCUT2D eigenvalue weighted by molar-refractivity contribution is 7.98. The van der Waals surface area contributed by atoms with Crippen molar-refractivity contribution in [3.63, 3.8) is 0 Å². The summed E-state index contributed by atoms with van der Waals surface area (Å²) in [5.74, 6) is 0.490. The van der Waals surface area contributed by atoms with Gasteiger partial charge < -0.3 is 5.73 Å². The Morgan fingerprint density at radius 3 is 2.67 bits per heavy atom. The first-order chi connectivity index (χ1) is 8.66. The summed E-state index contributed by atoms with van der Waals surface area (Å²) in [6, 6.07) is 14.0. The summed E-state index contributed by atoms with van der Waals surface area (Å²) in [5.41, 5.74) is 7.24. The lowest BCUT2D eigenvalue weighted by Gasteiger charge is -2.07. The van der Waals surface area contributed by atoms with Crippen molar-refractivity contribution in [3.8, 4) is 0 Å². The van der Waals surface area contributed by atoms with Gasteiger partial charge in [0.2, 0.25) is 0 Å². The normalized spacial score (nSPS) is 10.3. The van der Waals surface area contributed by atoms with Crippen LogP contribution < -0.4 is 5.73 Å². The number of nitrogens with two attached hydrogens (primary N) is 1. The zero-order chi connectivity index (χ0) is 13.0. The quantitative estimate of drug-likeness (QED) is 0.503. The molecule has 0 fully saturated rings. The predicted molar refractivity (Wildman–Crippen MR) is 73.4 cm³/mol. The van der Waals surface area contributed by atoms with Gasteiger partial charge in [0.25, 0.3) is 0 Å². The SMILES string of the molecule is N=C(N)c1ccccc1CSc1cccc(F)c1. The van der Waals surface area contributed by atoms with E-state index in [1.54, 1.807) is 6.07 Å². The van der Waals surface area contributed by atoms with Crippen molar-refractivity contribution in [2.24, 2.45) is 5.73 Å². The van der Waals surface area contributed by atoms with Gasteiger partial charge in [-0.25, -0.2) is 4.39 Å². The van der Waals surface area contributed by atoms with Crippen LogP contribution in [0.15, 0.2) is 53.4 Å². The zero-order valence-electron chi connectivity index (χ0n) is 9.69. The number of nitrogen functional groups attached to an aromatic ring is 1. The lowest BCUT2D eigenvalue weighted by Crippen LogP contribution is -2.13. The molecule has 0 aromatic heterocycles. The lowest BCUT2D eigenvalue weighted by atomic mass is 10.1. The van der Waals surface area contributed by atoms with Crippen molar-refractivity contribution in [1.29, 1.82) is 5.41 Å². The minimum absolute atomic E-state index is 0.0606. The molecule has 0 atom stereocenters. The Morgan fingerprint density at radius 1 is 1.17 bits per heavy atom. The highest BCUT2D eigenvalue weighted by atomic mass is 32.2. The number of halogens is 1. The molecule has 0 aliphatic carbocycles. The molecule has 0 saturated carbocycles. The molecule has 18 heavy (non-hydrogen) atoms. The molecular formula is C14H13FN2S. The van der Waals surface area contributed by atoms with Crippen LogP contribution in [-0.4, -0.2) is 5.84 Å².